The fraction of sp³-hybridized carbons (Fsp3) is 0.647. The molecule has 24 heavy (non-hydrogen) atoms. The van der Waals surface area contributed by atoms with Gasteiger partial charge in [-0.3, -0.25) is 4.79 Å². The summed E-state index contributed by atoms with van der Waals surface area (Å²) in [6.07, 6.45) is 5.95. The fourth-order valence-electron chi connectivity index (χ4n) is 3.59. The standard InChI is InChI=1S/C17H25N3O3S/c1-2-20(15-8-11-24(22,23)13-15)17(21)16-7-6-14(12-18-16)19-9-4-3-5-10-19/h6-7,12,15H,2-5,8-11,13H2,1H3. The summed E-state index contributed by atoms with van der Waals surface area (Å²) in [5.74, 6) is 0.0612. The van der Waals surface area contributed by atoms with Crippen LogP contribution in [0.2, 0.25) is 0 Å². The van der Waals surface area contributed by atoms with E-state index in [1.807, 2.05) is 13.0 Å². The molecule has 0 radical (unpaired) electrons. The third-order valence-corrected chi connectivity index (χ3v) is 6.69. The van der Waals surface area contributed by atoms with Gasteiger partial charge in [-0.05, 0) is 44.7 Å². The molecular formula is C17H25N3O3S. The zero-order valence-electron chi connectivity index (χ0n) is 14.1. The minimum absolute atomic E-state index is 0.0679. The van der Waals surface area contributed by atoms with Gasteiger partial charge in [0.15, 0.2) is 9.84 Å². The van der Waals surface area contributed by atoms with Crippen molar-refractivity contribution in [2.45, 2.75) is 38.6 Å². The molecule has 0 saturated carbocycles. The van der Waals surface area contributed by atoms with Crippen molar-refractivity contribution in [1.82, 2.24) is 9.88 Å². The first-order valence-electron chi connectivity index (χ1n) is 8.72. The molecule has 0 aromatic carbocycles. The number of hydrogen-bond donors (Lipinski definition) is 0. The average Bonchev–Trinajstić information content (AvgIpc) is 2.96. The van der Waals surface area contributed by atoms with E-state index in [-0.39, 0.29) is 23.5 Å². The van der Waals surface area contributed by atoms with Crippen LogP contribution < -0.4 is 4.90 Å². The lowest BCUT2D eigenvalue weighted by molar-refractivity contribution is 0.0702. The van der Waals surface area contributed by atoms with Crippen LogP contribution in [0.3, 0.4) is 0 Å². The Morgan fingerprint density at radius 1 is 1.29 bits per heavy atom. The highest BCUT2D eigenvalue weighted by Crippen LogP contribution is 2.22. The van der Waals surface area contributed by atoms with Gasteiger partial charge >= 0.3 is 0 Å². The van der Waals surface area contributed by atoms with Crippen molar-refractivity contribution in [2.75, 3.05) is 36.0 Å². The van der Waals surface area contributed by atoms with Crippen molar-refractivity contribution in [3.05, 3.63) is 24.0 Å². The number of rotatable bonds is 4. The summed E-state index contributed by atoms with van der Waals surface area (Å²) in [7, 11) is -3.01. The Morgan fingerprint density at radius 3 is 2.58 bits per heavy atom. The van der Waals surface area contributed by atoms with Crippen LogP contribution in [0.1, 0.15) is 43.1 Å². The number of amides is 1. The van der Waals surface area contributed by atoms with Crippen LogP contribution in [0.25, 0.3) is 0 Å². The number of carbonyl (C=O) groups is 1. The van der Waals surface area contributed by atoms with Crippen molar-refractivity contribution in [3.63, 3.8) is 0 Å². The number of pyridine rings is 1. The highest BCUT2D eigenvalue weighted by molar-refractivity contribution is 7.91. The van der Waals surface area contributed by atoms with E-state index in [2.05, 4.69) is 9.88 Å². The summed E-state index contributed by atoms with van der Waals surface area (Å²) in [6, 6.07) is 3.49. The molecule has 1 unspecified atom stereocenters. The average molecular weight is 351 g/mol. The Balaban J connectivity index is 1.71. The normalized spacial score (nSPS) is 23.2. The maximum absolute atomic E-state index is 12.7. The Hall–Kier alpha value is -1.63. The van der Waals surface area contributed by atoms with Gasteiger partial charge in [0.25, 0.3) is 5.91 Å². The van der Waals surface area contributed by atoms with E-state index >= 15 is 0 Å². The van der Waals surface area contributed by atoms with Crippen LogP contribution in [0, 0.1) is 0 Å². The van der Waals surface area contributed by atoms with Gasteiger partial charge < -0.3 is 9.80 Å². The second kappa shape index (κ2) is 7.09. The van der Waals surface area contributed by atoms with Gasteiger partial charge in [-0.1, -0.05) is 0 Å². The monoisotopic (exact) mass is 351 g/mol. The molecule has 1 atom stereocenters. The Labute approximate surface area is 143 Å². The minimum atomic E-state index is -3.01. The zero-order chi connectivity index (χ0) is 17.2. The third kappa shape index (κ3) is 3.71. The highest BCUT2D eigenvalue weighted by Gasteiger charge is 2.34. The molecule has 2 aliphatic rings. The predicted molar refractivity (Wildman–Crippen MR) is 94.1 cm³/mol. The van der Waals surface area contributed by atoms with E-state index in [4.69, 9.17) is 0 Å². The van der Waals surface area contributed by atoms with Gasteiger partial charge in [-0.15, -0.1) is 0 Å². The molecule has 1 aromatic rings. The first-order chi connectivity index (χ1) is 11.5. The smallest absolute Gasteiger partial charge is 0.272 e. The van der Waals surface area contributed by atoms with Gasteiger partial charge in [-0.25, -0.2) is 13.4 Å². The van der Waals surface area contributed by atoms with E-state index in [1.54, 1.807) is 17.2 Å². The highest BCUT2D eigenvalue weighted by atomic mass is 32.2. The maximum Gasteiger partial charge on any atom is 0.272 e. The van der Waals surface area contributed by atoms with Crippen molar-refractivity contribution < 1.29 is 13.2 Å². The molecule has 2 aliphatic heterocycles. The molecule has 1 aromatic heterocycles. The molecule has 3 heterocycles. The Kier molecular flexibility index (Phi) is 5.08. The molecule has 0 aliphatic carbocycles. The fourth-order valence-corrected chi connectivity index (χ4v) is 5.32. The molecule has 132 valence electrons. The van der Waals surface area contributed by atoms with Crippen molar-refractivity contribution in [3.8, 4) is 0 Å². The van der Waals surface area contributed by atoms with Gasteiger partial charge in [-0.2, -0.15) is 0 Å². The van der Waals surface area contributed by atoms with E-state index in [0.717, 1.165) is 18.8 Å². The van der Waals surface area contributed by atoms with Crippen molar-refractivity contribution >= 4 is 21.4 Å². The number of anilines is 1. The van der Waals surface area contributed by atoms with Gasteiger partial charge in [0, 0.05) is 25.7 Å². The van der Waals surface area contributed by atoms with Crippen LogP contribution in [0.15, 0.2) is 18.3 Å². The minimum Gasteiger partial charge on any atom is -0.370 e. The van der Waals surface area contributed by atoms with Crippen molar-refractivity contribution in [2.24, 2.45) is 0 Å². The van der Waals surface area contributed by atoms with Crippen LogP contribution in [-0.2, 0) is 9.84 Å². The second-order valence-corrected chi connectivity index (χ2v) is 8.83. The largest absolute Gasteiger partial charge is 0.370 e. The lowest BCUT2D eigenvalue weighted by atomic mass is 10.1. The summed E-state index contributed by atoms with van der Waals surface area (Å²) in [5, 5.41) is 0. The van der Waals surface area contributed by atoms with Crippen LogP contribution in [0.4, 0.5) is 5.69 Å². The zero-order valence-corrected chi connectivity index (χ0v) is 15.0. The molecular weight excluding hydrogens is 326 g/mol. The van der Waals surface area contributed by atoms with E-state index in [9.17, 15) is 13.2 Å². The Morgan fingerprint density at radius 2 is 2.04 bits per heavy atom. The number of aromatic nitrogens is 1. The lowest BCUT2D eigenvalue weighted by Crippen LogP contribution is -2.41. The van der Waals surface area contributed by atoms with E-state index < -0.39 is 9.84 Å². The number of carbonyl (C=O) groups excluding carboxylic acids is 1. The summed E-state index contributed by atoms with van der Waals surface area (Å²) in [5.41, 5.74) is 1.44. The summed E-state index contributed by atoms with van der Waals surface area (Å²) < 4.78 is 23.4. The molecule has 2 fully saturated rings. The van der Waals surface area contributed by atoms with Crippen LogP contribution in [-0.4, -0.2) is 61.4 Å². The quantitative estimate of drug-likeness (QED) is 0.826. The van der Waals surface area contributed by atoms with E-state index in [1.165, 1.54) is 19.3 Å². The van der Waals surface area contributed by atoms with Gasteiger partial charge in [0.2, 0.25) is 0 Å². The molecule has 1 amide bonds. The second-order valence-electron chi connectivity index (χ2n) is 6.60. The van der Waals surface area contributed by atoms with E-state index in [0.29, 0.717) is 18.7 Å². The molecule has 0 spiro atoms. The maximum atomic E-state index is 12.7. The van der Waals surface area contributed by atoms with Gasteiger partial charge in [0.1, 0.15) is 5.69 Å². The lowest BCUT2D eigenvalue weighted by Gasteiger charge is -2.29. The number of sulfone groups is 1. The van der Waals surface area contributed by atoms with Crippen molar-refractivity contribution in [1.29, 1.82) is 0 Å². The summed E-state index contributed by atoms with van der Waals surface area (Å²) >= 11 is 0. The molecule has 6 nitrogen and oxygen atoms in total. The molecule has 0 N–H and O–H groups in total. The number of hydrogen-bond acceptors (Lipinski definition) is 5. The first-order valence-corrected chi connectivity index (χ1v) is 10.5. The number of nitrogens with zero attached hydrogens (tertiary/aromatic N) is 3. The molecule has 2 saturated heterocycles. The van der Waals surface area contributed by atoms with Crippen LogP contribution >= 0.6 is 0 Å². The summed E-state index contributed by atoms with van der Waals surface area (Å²) in [6.45, 7) is 4.45. The molecule has 7 heteroatoms. The van der Waals surface area contributed by atoms with Gasteiger partial charge in [0.05, 0.1) is 23.4 Å². The first kappa shape index (κ1) is 17.2. The number of piperidine rings is 1. The Bertz CT molecular complexity index is 682. The van der Waals surface area contributed by atoms with Crippen LogP contribution in [0.5, 0.6) is 0 Å². The summed E-state index contributed by atoms with van der Waals surface area (Å²) in [4.78, 5) is 21.0. The topological polar surface area (TPSA) is 70.6 Å². The predicted octanol–water partition coefficient (Wildman–Crippen LogP) is 1.72. The molecule has 0 bridgehead atoms. The third-order valence-electron chi connectivity index (χ3n) is 4.94. The molecule has 3 rings (SSSR count). The SMILES string of the molecule is CCN(C(=O)c1ccc(N2CCCCC2)cn1)C1CCS(=O)(=O)C1.